The highest BCUT2D eigenvalue weighted by atomic mass is 32.2. The molecule has 2 rings (SSSR count). The van der Waals surface area contributed by atoms with Crippen molar-refractivity contribution in [2.24, 2.45) is 5.92 Å². The van der Waals surface area contributed by atoms with Gasteiger partial charge in [-0.05, 0) is 36.1 Å². The largest absolute Gasteiger partial charge is 0.497 e. The van der Waals surface area contributed by atoms with Gasteiger partial charge in [0.05, 0.1) is 19.3 Å². The Labute approximate surface area is 119 Å². The van der Waals surface area contributed by atoms with Crippen LogP contribution in [0, 0.1) is 12.8 Å². The highest BCUT2D eigenvalue weighted by Gasteiger charge is 2.36. The zero-order chi connectivity index (χ0) is 14.9. The van der Waals surface area contributed by atoms with Crippen LogP contribution in [0.15, 0.2) is 18.2 Å². The van der Waals surface area contributed by atoms with Crippen molar-refractivity contribution < 1.29 is 17.9 Å². The van der Waals surface area contributed by atoms with Gasteiger partial charge in [-0.3, -0.25) is 4.79 Å². The number of hydrogen-bond donors (Lipinski definition) is 0. The molecule has 1 heterocycles. The SMILES string of the molecule is COc1ccc(CC(=O)N2CC(C)CS2(=O)=O)c(C)c1. The van der Waals surface area contributed by atoms with Crippen molar-refractivity contribution in [2.45, 2.75) is 20.3 Å². The monoisotopic (exact) mass is 297 g/mol. The number of rotatable bonds is 3. The van der Waals surface area contributed by atoms with Crippen molar-refractivity contribution in [2.75, 3.05) is 19.4 Å². The van der Waals surface area contributed by atoms with Gasteiger partial charge in [0, 0.05) is 6.54 Å². The molecule has 1 unspecified atom stereocenters. The Kier molecular flexibility index (Phi) is 4.04. The van der Waals surface area contributed by atoms with Gasteiger partial charge in [0.15, 0.2) is 0 Å². The van der Waals surface area contributed by atoms with Crippen LogP contribution in [0.3, 0.4) is 0 Å². The van der Waals surface area contributed by atoms with Gasteiger partial charge in [0.1, 0.15) is 5.75 Å². The third-order valence-electron chi connectivity index (χ3n) is 3.48. The second kappa shape index (κ2) is 5.44. The molecular formula is C14H19NO4S. The fourth-order valence-electron chi connectivity index (χ4n) is 2.40. The number of carbonyl (C=O) groups is 1. The van der Waals surface area contributed by atoms with Gasteiger partial charge in [0.25, 0.3) is 0 Å². The molecule has 0 N–H and O–H groups in total. The first-order valence-corrected chi connectivity index (χ1v) is 8.11. The van der Waals surface area contributed by atoms with E-state index in [1.165, 1.54) is 0 Å². The maximum absolute atomic E-state index is 12.2. The van der Waals surface area contributed by atoms with Gasteiger partial charge in [-0.1, -0.05) is 13.0 Å². The molecular weight excluding hydrogens is 278 g/mol. The average molecular weight is 297 g/mol. The summed E-state index contributed by atoms with van der Waals surface area (Å²) in [7, 11) is -1.84. The first-order chi connectivity index (χ1) is 9.33. The van der Waals surface area contributed by atoms with Crippen LogP contribution in [0.5, 0.6) is 5.75 Å². The Morgan fingerprint density at radius 2 is 2.15 bits per heavy atom. The number of methoxy groups -OCH3 is 1. The molecule has 1 aromatic rings. The number of nitrogens with zero attached hydrogens (tertiary/aromatic N) is 1. The van der Waals surface area contributed by atoms with Crippen molar-refractivity contribution in [1.29, 1.82) is 0 Å². The number of hydrogen-bond acceptors (Lipinski definition) is 4. The van der Waals surface area contributed by atoms with E-state index >= 15 is 0 Å². The second-order valence-electron chi connectivity index (χ2n) is 5.28. The van der Waals surface area contributed by atoms with Gasteiger partial charge < -0.3 is 4.74 Å². The molecule has 1 aromatic carbocycles. The zero-order valence-electron chi connectivity index (χ0n) is 11.9. The molecule has 0 saturated carbocycles. The van der Waals surface area contributed by atoms with Gasteiger partial charge in [-0.15, -0.1) is 0 Å². The van der Waals surface area contributed by atoms with Crippen LogP contribution < -0.4 is 4.74 Å². The van der Waals surface area contributed by atoms with Crippen molar-refractivity contribution in [1.82, 2.24) is 4.31 Å². The Balaban J connectivity index is 2.16. The van der Waals surface area contributed by atoms with E-state index in [1.807, 2.05) is 19.9 Å². The average Bonchev–Trinajstić information content (AvgIpc) is 2.65. The van der Waals surface area contributed by atoms with E-state index in [1.54, 1.807) is 19.2 Å². The predicted octanol–water partition coefficient (Wildman–Crippen LogP) is 1.35. The summed E-state index contributed by atoms with van der Waals surface area (Å²) >= 11 is 0. The normalized spacial score (nSPS) is 20.9. The molecule has 1 aliphatic heterocycles. The van der Waals surface area contributed by atoms with Crippen LogP contribution in [0.25, 0.3) is 0 Å². The minimum absolute atomic E-state index is 0.000847. The first kappa shape index (κ1) is 14.8. The molecule has 0 aliphatic carbocycles. The smallest absolute Gasteiger partial charge is 0.240 e. The van der Waals surface area contributed by atoms with Crippen LogP contribution in [0.4, 0.5) is 0 Å². The molecule has 0 bridgehead atoms. The van der Waals surface area contributed by atoms with Crippen molar-refractivity contribution in [3.05, 3.63) is 29.3 Å². The van der Waals surface area contributed by atoms with Crippen LogP contribution >= 0.6 is 0 Å². The highest BCUT2D eigenvalue weighted by Crippen LogP contribution is 2.22. The summed E-state index contributed by atoms with van der Waals surface area (Å²) in [4.78, 5) is 12.2. The molecule has 20 heavy (non-hydrogen) atoms. The summed E-state index contributed by atoms with van der Waals surface area (Å²) in [6.07, 6.45) is 0.0990. The van der Waals surface area contributed by atoms with E-state index in [2.05, 4.69) is 0 Å². The van der Waals surface area contributed by atoms with E-state index < -0.39 is 10.0 Å². The summed E-state index contributed by atoms with van der Waals surface area (Å²) in [5, 5.41) is 0. The number of ether oxygens (including phenoxy) is 1. The number of benzene rings is 1. The van der Waals surface area contributed by atoms with Gasteiger partial charge in [-0.25, -0.2) is 12.7 Å². The van der Waals surface area contributed by atoms with E-state index in [-0.39, 0.29) is 30.5 Å². The predicted molar refractivity (Wildman–Crippen MR) is 76.1 cm³/mol. The molecule has 1 fully saturated rings. The number of amides is 1. The standard InChI is InChI=1S/C14H19NO4S/c1-10-8-15(20(17,18)9-10)14(16)7-12-4-5-13(19-3)6-11(12)2/h4-6,10H,7-9H2,1-3H3. The number of carbonyl (C=O) groups excluding carboxylic acids is 1. The lowest BCUT2D eigenvalue weighted by Crippen LogP contribution is -2.34. The lowest BCUT2D eigenvalue weighted by molar-refractivity contribution is -0.125. The quantitative estimate of drug-likeness (QED) is 0.845. The van der Waals surface area contributed by atoms with E-state index in [0.717, 1.165) is 21.2 Å². The maximum atomic E-state index is 12.2. The van der Waals surface area contributed by atoms with Crippen molar-refractivity contribution >= 4 is 15.9 Å². The lowest BCUT2D eigenvalue weighted by atomic mass is 10.0. The van der Waals surface area contributed by atoms with Gasteiger partial charge in [-0.2, -0.15) is 0 Å². The minimum atomic E-state index is -3.42. The number of aryl methyl sites for hydroxylation is 1. The van der Waals surface area contributed by atoms with Crippen molar-refractivity contribution in [3.8, 4) is 5.75 Å². The fraction of sp³-hybridized carbons (Fsp3) is 0.500. The van der Waals surface area contributed by atoms with Crippen molar-refractivity contribution in [3.63, 3.8) is 0 Å². The molecule has 1 aliphatic rings. The second-order valence-corrected chi connectivity index (χ2v) is 7.22. The molecule has 6 heteroatoms. The zero-order valence-corrected chi connectivity index (χ0v) is 12.7. The van der Waals surface area contributed by atoms with Crippen LogP contribution in [-0.2, 0) is 21.2 Å². The minimum Gasteiger partial charge on any atom is -0.497 e. The van der Waals surface area contributed by atoms with Gasteiger partial charge >= 0.3 is 0 Å². The molecule has 1 atom stereocenters. The Bertz CT molecular complexity index is 624. The Morgan fingerprint density at radius 3 is 2.65 bits per heavy atom. The summed E-state index contributed by atoms with van der Waals surface area (Å²) < 4.78 is 29.9. The third-order valence-corrected chi connectivity index (χ3v) is 5.49. The number of sulfonamides is 1. The lowest BCUT2D eigenvalue weighted by Gasteiger charge is -2.16. The molecule has 0 spiro atoms. The summed E-state index contributed by atoms with van der Waals surface area (Å²) in [6.45, 7) is 4.01. The van der Waals surface area contributed by atoms with Crippen LogP contribution in [0.2, 0.25) is 0 Å². The van der Waals surface area contributed by atoms with Gasteiger partial charge in [0.2, 0.25) is 15.9 Å². The molecule has 0 aromatic heterocycles. The third kappa shape index (κ3) is 2.95. The Hall–Kier alpha value is -1.56. The van der Waals surface area contributed by atoms with Crippen LogP contribution in [-0.4, -0.2) is 38.0 Å². The van der Waals surface area contributed by atoms with E-state index in [4.69, 9.17) is 4.74 Å². The molecule has 1 amide bonds. The molecule has 110 valence electrons. The van der Waals surface area contributed by atoms with E-state index in [0.29, 0.717) is 0 Å². The maximum Gasteiger partial charge on any atom is 0.240 e. The topological polar surface area (TPSA) is 63.7 Å². The first-order valence-electron chi connectivity index (χ1n) is 6.50. The molecule has 0 radical (unpaired) electrons. The Morgan fingerprint density at radius 1 is 1.45 bits per heavy atom. The summed E-state index contributed by atoms with van der Waals surface area (Å²) in [6, 6.07) is 5.42. The summed E-state index contributed by atoms with van der Waals surface area (Å²) in [5.41, 5.74) is 1.74. The molecule has 5 nitrogen and oxygen atoms in total. The van der Waals surface area contributed by atoms with E-state index in [9.17, 15) is 13.2 Å². The fourth-order valence-corrected chi connectivity index (χ4v) is 4.26. The summed E-state index contributed by atoms with van der Waals surface area (Å²) in [5.74, 6) is 0.421. The van der Waals surface area contributed by atoms with Crippen LogP contribution in [0.1, 0.15) is 18.1 Å². The highest BCUT2D eigenvalue weighted by molar-refractivity contribution is 7.89. The molecule has 1 saturated heterocycles.